The van der Waals surface area contributed by atoms with E-state index in [-0.39, 0.29) is 24.4 Å². The molecule has 0 atom stereocenters. The Hall–Kier alpha value is -3.45. The van der Waals surface area contributed by atoms with E-state index in [1.165, 1.54) is 11.3 Å². The minimum atomic E-state index is -0.196. The number of carbonyl (C=O) groups is 2. The maximum Gasteiger partial charge on any atom is 0.268 e. The fourth-order valence-corrected chi connectivity index (χ4v) is 4.81. The molecule has 32 heavy (non-hydrogen) atoms. The first-order valence-electron chi connectivity index (χ1n) is 10.6. The van der Waals surface area contributed by atoms with Crippen LogP contribution in [0.2, 0.25) is 0 Å². The first-order chi connectivity index (χ1) is 15.3. The molecule has 164 valence electrons. The monoisotopic (exact) mass is 446 g/mol. The summed E-state index contributed by atoms with van der Waals surface area (Å²) in [6.07, 6.45) is 0. The van der Waals surface area contributed by atoms with Gasteiger partial charge in [0.15, 0.2) is 0 Å². The van der Waals surface area contributed by atoms with Gasteiger partial charge in [-0.05, 0) is 57.5 Å². The second kappa shape index (κ2) is 8.96. The predicted molar refractivity (Wildman–Crippen MR) is 130 cm³/mol. The van der Waals surface area contributed by atoms with Gasteiger partial charge >= 0.3 is 0 Å². The molecule has 1 N–H and O–H groups in total. The van der Waals surface area contributed by atoms with Crippen LogP contribution in [-0.2, 0) is 4.79 Å². The van der Waals surface area contributed by atoms with Gasteiger partial charge in [0.05, 0.1) is 16.3 Å². The number of aromatic nitrogens is 2. The average Bonchev–Trinajstić information content (AvgIpc) is 3.33. The number of nitrogens with one attached hydrogen (secondary N) is 1. The second-order valence-corrected chi connectivity index (χ2v) is 9.09. The fraction of sp³-hybridized carbons (Fsp3) is 0.240. The van der Waals surface area contributed by atoms with Crippen LogP contribution in [0.1, 0.15) is 34.8 Å². The Kier molecular flexibility index (Phi) is 6.10. The van der Waals surface area contributed by atoms with Gasteiger partial charge in [0.25, 0.3) is 5.91 Å². The van der Waals surface area contributed by atoms with Crippen LogP contribution < -0.4 is 10.2 Å². The van der Waals surface area contributed by atoms with Crippen molar-refractivity contribution in [1.29, 1.82) is 0 Å². The van der Waals surface area contributed by atoms with Crippen LogP contribution in [0.3, 0.4) is 0 Å². The highest BCUT2D eigenvalue weighted by molar-refractivity contribution is 7.20. The van der Waals surface area contributed by atoms with E-state index in [2.05, 4.69) is 10.4 Å². The molecule has 0 bridgehead atoms. The summed E-state index contributed by atoms with van der Waals surface area (Å²) >= 11 is 1.40. The zero-order valence-corrected chi connectivity index (χ0v) is 19.4. The lowest BCUT2D eigenvalue weighted by molar-refractivity contribution is -0.120. The summed E-state index contributed by atoms with van der Waals surface area (Å²) < 4.78 is 1.87. The minimum Gasteiger partial charge on any atom is -0.352 e. The number of hydrogen-bond donors (Lipinski definition) is 1. The topological polar surface area (TPSA) is 67.2 Å². The third kappa shape index (κ3) is 4.29. The van der Waals surface area contributed by atoms with Gasteiger partial charge < -0.3 is 5.32 Å². The van der Waals surface area contributed by atoms with Crippen LogP contribution in [0.4, 0.5) is 5.69 Å². The van der Waals surface area contributed by atoms with Gasteiger partial charge in [-0.1, -0.05) is 36.4 Å². The molecule has 2 aromatic carbocycles. The number of carbonyl (C=O) groups excluding carboxylic acids is 2. The van der Waals surface area contributed by atoms with Crippen molar-refractivity contribution in [2.75, 3.05) is 11.4 Å². The van der Waals surface area contributed by atoms with E-state index in [1.54, 1.807) is 4.90 Å². The van der Waals surface area contributed by atoms with Crippen molar-refractivity contribution >= 4 is 39.1 Å². The van der Waals surface area contributed by atoms with Crippen LogP contribution in [0.15, 0.2) is 60.7 Å². The molecular formula is C25H26N4O2S. The fourth-order valence-electron chi connectivity index (χ4n) is 3.67. The number of nitrogens with zero attached hydrogens (tertiary/aromatic N) is 3. The van der Waals surface area contributed by atoms with Crippen molar-refractivity contribution in [1.82, 2.24) is 15.1 Å². The van der Waals surface area contributed by atoms with Crippen LogP contribution in [-0.4, -0.2) is 34.2 Å². The minimum absolute atomic E-state index is 0.000142. The summed E-state index contributed by atoms with van der Waals surface area (Å²) in [5, 5.41) is 8.49. The lowest BCUT2D eigenvalue weighted by Crippen LogP contribution is -2.43. The Labute approximate surface area is 191 Å². The third-order valence-corrected chi connectivity index (χ3v) is 6.26. The molecule has 6 nitrogen and oxygen atoms in total. The standard InChI is InChI=1S/C25H26N4O2S/c1-16(2)26-23(30)15-28(21-13-9-8-10-17(21)3)24(31)22-14-20-18(4)27-29(25(20)32-22)19-11-6-5-7-12-19/h5-14,16H,15H2,1-4H3,(H,26,30). The number of thiophene rings is 1. The highest BCUT2D eigenvalue weighted by Crippen LogP contribution is 2.32. The molecule has 0 saturated carbocycles. The molecule has 0 aliphatic rings. The molecular weight excluding hydrogens is 420 g/mol. The highest BCUT2D eigenvalue weighted by Gasteiger charge is 2.25. The number of benzene rings is 2. The van der Waals surface area contributed by atoms with Gasteiger partial charge in [0.2, 0.25) is 5.91 Å². The highest BCUT2D eigenvalue weighted by atomic mass is 32.1. The Morgan fingerprint density at radius 1 is 1.06 bits per heavy atom. The molecule has 0 saturated heterocycles. The molecule has 0 radical (unpaired) electrons. The summed E-state index contributed by atoms with van der Waals surface area (Å²) in [5.41, 5.74) is 3.47. The van der Waals surface area contributed by atoms with E-state index in [0.29, 0.717) is 4.88 Å². The van der Waals surface area contributed by atoms with E-state index < -0.39 is 0 Å². The van der Waals surface area contributed by atoms with E-state index in [1.807, 2.05) is 93.0 Å². The average molecular weight is 447 g/mol. The largest absolute Gasteiger partial charge is 0.352 e. The Morgan fingerprint density at radius 2 is 1.75 bits per heavy atom. The van der Waals surface area contributed by atoms with E-state index >= 15 is 0 Å². The van der Waals surface area contributed by atoms with Crippen LogP contribution in [0.5, 0.6) is 0 Å². The van der Waals surface area contributed by atoms with E-state index in [4.69, 9.17) is 0 Å². The maximum atomic E-state index is 13.7. The molecule has 2 aromatic heterocycles. The van der Waals surface area contributed by atoms with Crippen molar-refractivity contribution in [2.24, 2.45) is 0 Å². The normalized spacial score (nSPS) is 11.2. The molecule has 0 aliphatic carbocycles. The SMILES string of the molecule is Cc1ccccc1N(CC(=O)NC(C)C)C(=O)c1cc2c(C)nn(-c3ccccc3)c2s1. The number of hydrogen-bond acceptors (Lipinski definition) is 4. The predicted octanol–water partition coefficient (Wildman–Crippen LogP) is 4.88. The Morgan fingerprint density at radius 3 is 2.44 bits per heavy atom. The molecule has 2 amide bonds. The quantitative estimate of drug-likeness (QED) is 0.459. The van der Waals surface area contributed by atoms with Gasteiger partial charge in [-0.2, -0.15) is 5.10 Å². The molecule has 0 unspecified atom stereocenters. The lowest BCUT2D eigenvalue weighted by atomic mass is 10.1. The zero-order valence-electron chi connectivity index (χ0n) is 18.6. The van der Waals surface area contributed by atoms with Crippen molar-refractivity contribution in [3.63, 3.8) is 0 Å². The van der Waals surface area contributed by atoms with Crippen molar-refractivity contribution in [3.05, 3.63) is 76.8 Å². The number of amides is 2. The molecule has 4 rings (SSSR count). The maximum absolute atomic E-state index is 13.7. The van der Waals surface area contributed by atoms with Crippen molar-refractivity contribution in [3.8, 4) is 5.69 Å². The van der Waals surface area contributed by atoms with Gasteiger partial charge in [0, 0.05) is 17.1 Å². The van der Waals surface area contributed by atoms with Crippen LogP contribution in [0, 0.1) is 13.8 Å². The first kappa shape index (κ1) is 21.8. The van der Waals surface area contributed by atoms with Gasteiger partial charge in [-0.15, -0.1) is 11.3 Å². The second-order valence-electron chi connectivity index (χ2n) is 8.06. The summed E-state index contributed by atoms with van der Waals surface area (Å²) in [5.74, 6) is -0.386. The molecule has 0 aliphatic heterocycles. The van der Waals surface area contributed by atoms with Gasteiger partial charge in [0.1, 0.15) is 11.4 Å². The number of fused-ring (bicyclic) bond motifs is 1. The number of rotatable bonds is 6. The zero-order chi connectivity index (χ0) is 22.8. The number of para-hydroxylation sites is 2. The van der Waals surface area contributed by atoms with E-state index in [0.717, 1.165) is 32.8 Å². The molecule has 0 fully saturated rings. The molecule has 4 aromatic rings. The van der Waals surface area contributed by atoms with Crippen LogP contribution in [0.25, 0.3) is 15.9 Å². The summed E-state index contributed by atoms with van der Waals surface area (Å²) in [6, 6.07) is 19.4. The van der Waals surface area contributed by atoms with Gasteiger partial charge in [-0.25, -0.2) is 4.68 Å². The molecule has 7 heteroatoms. The van der Waals surface area contributed by atoms with Crippen molar-refractivity contribution < 1.29 is 9.59 Å². The van der Waals surface area contributed by atoms with E-state index in [9.17, 15) is 9.59 Å². The summed E-state index contributed by atoms with van der Waals surface area (Å²) in [7, 11) is 0. The summed E-state index contributed by atoms with van der Waals surface area (Å²) in [4.78, 5) is 29.3. The van der Waals surface area contributed by atoms with Crippen LogP contribution >= 0.6 is 11.3 Å². The Bertz CT molecular complexity index is 1270. The molecule has 2 heterocycles. The smallest absolute Gasteiger partial charge is 0.268 e. The van der Waals surface area contributed by atoms with Crippen molar-refractivity contribution in [2.45, 2.75) is 33.7 Å². The third-order valence-electron chi connectivity index (χ3n) is 5.16. The van der Waals surface area contributed by atoms with Gasteiger partial charge in [-0.3, -0.25) is 14.5 Å². The first-order valence-corrected chi connectivity index (χ1v) is 11.4. The number of aryl methyl sites for hydroxylation is 2. The summed E-state index contributed by atoms with van der Waals surface area (Å²) in [6.45, 7) is 7.65. The Balaban J connectivity index is 1.75. The number of anilines is 1. The lowest BCUT2D eigenvalue weighted by Gasteiger charge is -2.24. The molecule has 0 spiro atoms.